The van der Waals surface area contributed by atoms with Crippen LogP contribution in [-0.2, 0) is 16.1 Å². The summed E-state index contributed by atoms with van der Waals surface area (Å²) in [6, 6.07) is 9.73. The number of aromatic nitrogens is 1. The number of benzene rings is 1. The van der Waals surface area contributed by atoms with Crippen molar-refractivity contribution in [3.05, 3.63) is 65.7 Å². The molecule has 0 radical (unpaired) electrons. The van der Waals surface area contributed by atoms with Gasteiger partial charge < -0.3 is 10.2 Å². The van der Waals surface area contributed by atoms with Crippen LogP contribution >= 0.6 is 0 Å². The van der Waals surface area contributed by atoms with Crippen LogP contribution in [0, 0.1) is 5.82 Å². The first kappa shape index (κ1) is 18.6. The van der Waals surface area contributed by atoms with Crippen LogP contribution in [0.5, 0.6) is 0 Å². The lowest BCUT2D eigenvalue weighted by molar-refractivity contribution is -0.142. The third-order valence-electron chi connectivity index (χ3n) is 5.52. The molecule has 2 amide bonds. The first-order valence-corrected chi connectivity index (χ1v) is 9.54. The Hall–Kier alpha value is -2.80. The molecule has 0 aliphatic carbocycles. The van der Waals surface area contributed by atoms with Gasteiger partial charge in [0, 0.05) is 51.0 Å². The second-order valence-corrected chi connectivity index (χ2v) is 7.38. The topological polar surface area (TPSA) is 65.5 Å². The van der Waals surface area contributed by atoms with E-state index in [1.807, 2.05) is 21.9 Å². The maximum atomic E-state index is 13.1. The van der Waals surface area contributed by atoms with Crippen LogP contribution in [0.1, 0.15) is 23.5 Å². The zero-order valence-corrected chi connectivity index (χ0v) is 15.6. The van der Waals surface area contributed by atoms with Crippen molar-refractivity contribution in [3.8, 4) is 0 Å². The van der Waals surface area contributed by atoms with Crippen LogP contribution in [0.2, 0.25) is 0 Å². The van der Waals surface area contributed by atoms with Crippen LogP contribution < -0.4 is 5.32 Å². The van der Waals surface area contributed by atoms with E-state index in [0.717, 1.165) is 5.56 Å². The molecule has 1 aromatic heterocycles. The van der Waals surface area contributed by atoms with Crippen LogP contribution in [0.25, 0.3) is 0 Å². The Labute approximate surface area is 163 Å². The number of nitrogens with zero attached hydrogens (tertiary/aromatic N) is 3. The smallest absolute Gasteiger partial charge is 0.237 e. The van der Waals surface area contributed by atoms with Gasteiger partial charge in [-0.15, -0.1) is 0 Å². The number of hydrogen-bond donors (Lipinski definition) is 1. The van der Waals surface area contributed by atoms with Gasteiger partial charge in [-0.25, -0.2) is 4.39 Å². The minimum atomic E-state index is -0.494. The Morgan fingerprint density at radius 1 is 1.14 bits per heavy atom. The van der Waals surface area contributed by atoms with E-state index in [9.17, 15) is 14.0 Å². The number of carbonyl (C=O) groups excluding carboxylic acids is 2. The highest BCUT2D eigenvalue weighted by Crippen LogP contribution is 2.27. The third-order valence-corrected chi connectivity index (χ3v) is 5.52. The Balaban J connectivity index is 1.36. The normalized spacial score (nSPS) is 20.5. The molecular weight excluding hydrogens is 359 g/mol. The molecule has 6 nitrogen and oxygen atoms in total. The molecule has 2 fully saturated rings. The van der Waals surface area contributed by atoms with Crippen molar-refractivity contribution in [1.29, 1.82) is 0 Å². The molecule has 0 spiro atoms. The Morgan fingerprint density at radius 3 is 2.57 bits per heavy atom. The molecule has 146 valence electrons. The SMILES string of the molecule is O=C1NCCN(Cc2ccc(F)cc2)[C@H]1CC(=O)N1CC(c2ccncc2)C1. The number of carbonyl (C=O) groups is 2. The van der Waals surface area contributed by atoms with E-state index >= 15 is 0 Å². The van der Waals surface area contributed by atoms with Crippen molar-refractivity contribution in [3.63, 3.8) is 0 Å². The number of amides is 2. The zero-order chi connectivity index (χ0) is 19.5. The number of nitrogens with one attached hydrogen (secondary N) is 1. The Kier molecular flexibility index (Phi) is 5.34. The molecule has 0 bridgehead atoms. The van der Waals surface area contributed by atoms with Crippen molar-refractivity contribution in [2.75, 3.05) is 26.2 Å². The van der Waals surface area contributed by atoms with Gasteiger partial charge in [0.15, 0.2) is 0 Å². The number of piperazine rings is 1. The molecule has 0 saturated carbocycles. The molecule has 2 saturated heterocycles. The minimum absolute atomic E-state index is 0.00328. The van der Waals surface area contributed by atoms with Crippen LogP contribution in [0.15, 0.2) is 48.8 Å². The van der Waals surface area contributed by atoms with Crippen LogP contribution in [-0.4, -0.2) is 58.8 Å². The number of likely N-dealkylation sites (tertiary alicyclic amines) is 1. The van der Waals surface area contributed by atoms with Gasteiger partial charge in [-0.2, -0.15) is 0 Å². The highest BCUT2D eigenvalue weighted by molar-refractivity contribution is 5.89. The lowest BCUT2D eigenvalue weighted by atomic mass is 9.91. The maximum Gasteiger partial charge on any atom is 0.237 e. The zero-order valence-electron chi connectivity index (χ0n) is 15.6. The number of halogens is 1. The summed E-state index contributed by atoms with van der Waals surface area (Å²) in [7, 11) is 0. The second kappa shape index (κ2) is 8.06. The molecule has 0 unspecified atom stereocenters. The van der Waals surface area contributed by atoms with E-state index in [2.05, 4.69) is 10.3 Å². The summed E-state index contributed by atoms with van der Waals surface area (Å²) in [6.07, 6.45) is 3.69. The van der Waals surface area contributed by atoms with Crippen LogP contribution in [0.3, 0.4) is 0 Å². The first-order valence-electron chi connectivity index (χ1n) is 9.54. The molecule has 1 N–H and O–H groups in total. The third kappa shape index (κ3) is 4.04. The van der Waals surface area contributed by atoms with Gasteiger partial charge in [0.05, 0.1) is 12.5 Å². The molecule has 2 aliphatic rings. The molecule has 2 aliphatic heterocycles. The van der Waals surface area contributed by atoms with Gasteiger partial charge in [-0.1, -0.05) is 12.1 Å². The van der Waals surface area contributed by atoms with Crippen molar-refractivity contribution in [2.45, 2.75) is 24.9 Å². The fraction of sp³-hybridized carbons (Fsp3) is 0.381. The van der Waals surface area contributed by atoms with Gasteiger partial charge in [-0.05, 0) is 35.4 Å². The Bertz CT molecular complexity index is 837. The van der Waals surface area contributed by atoms with Gasteiger partial charge >= 0.3 is 0 Å². The van der Waals surface area contributed by atoms with Crippen molar-refractivity contribution >= 4 is 11.8 Å². The van der Waals surface area contributed by atoms with Gasteiger partial charge in [0.2, 0.25) is 11.8 Å². The summed E-state index contributed by atoms with van der Waals surface area (Å²) in [5, 5.41) is 2.85. The summed E-state index contributed by atoms with van der Waals surface area (Å²) in [5.41, 5.74) is 2.11. The van der Waals surface area contributed by atoms with E-state index in [4.69, 9.17) is 0 Å². The molecule has 3 heterocycles. The van der Waals surface area contributed by atoms with Crippen molar-refractivity contribution < 1.29 is 14.0 Å². The van der Waals surface area contributed by atoms with Crippen molar-refractivity contribution in [2.24, 2.45) is 0 Å². The molecule has 2 aromatic rings. The average Bonchev–Trinajstić information content (AvgIpc) is 2.66. The van der Waals surface area contributed by atoms with E-state index in [1.165, 1.54) is 17.7 Å². The largest absolute Gasteiger partial charge is 0.353 e. The number of rotatable bonds is 5. The molecule has 7 heteroatoms. The maximum absolute atomic E-state index is 13.1. The predicted molar refractivity (Wildman–Crippen MR) is 102 cm³/mol. The summed E-state index contributed by atoms with van der Waals surface area (Å²) < 4.78 is 13.1. The summed E-state index contributed by atoms with van der Waals surface area (Å²) in [6.45, 7) is 3.09. The monoisotopic (exact) mass is 382 g/mol. The summed E-state index contributed by atoms with van der Waals surface area (Å²) in [5.74, 6) is -0.0692. The number of pyridine rings is 1. The fourth-order valence-electron chi connectivity index (χ4n) is 3.82. The van der Waals surface area contributed by atoms with Gasteiger partial charge in [0.25, 0.3) is 0 Å². The molecule has 4 rings (SSSR count). The van der Waals surface area contributed by atoms with Gasteiger partial charge in [-0.3, -0.25) is 19.5 Å². The Morgan fingerprint density at radius 2 is 1.86 bits per heavy atom. The minimum Gasteiger partial charge on any atom is -0.353 e. The molecular formula is C21H23FN4O2. The molecule has 1 aromatic carbocycles. The summed E-state index contributed by atoms with van der Waals surface area (Å²) in [4.78, 5) is 33.0. The average molecular weight is 382 g/mol. The quantitative estimate of drug-likeness (QED) is 0.852. The molecule has 1 atom stereocenters. The van der Waals surface area contributed by atoms with Crippen molar-refractivity contribution in [1.82, 2.24) is 20.1 Å². The summed E-state index contributed by atoms with van der Waals surface area (Å²) >= 11 is 0. The standard InChI is InChI=1S/C21H23FN4O2/c22-18-3-1-15(2-4-18)12-25-10-9-24-21(28)19(25)11-20(27)26-13-17(14-26)16-5-7-23-8-6-16/h1-8,17,19H,9-14H2,(H,24,28)/t19-/m0/s1. The fourth-order valence-corrected chi connectivity index (χ4v) is 3.82. The lowest BCUT2D eigenvalue weighted by Crippen LogP contribution is -2.57. The van der Waals surface area contributed by atoms with Gasteiger partial charge in [0.1, 0.15) is 5.82 Å². The highest BCUT2D eigenvalue weighted by Gasteiger charge is 2.37. The second-order valence-electron chi connectivity index (χ2n) is 7.38. The van der Waals surface area contributed by atoms with Crippen LogP contribution in [0.4, 0.5) is 4.39 Å². The lowest BCUT2D eigenvalue weighted by Gasteiger charge is -2.41. The first-order chi connectivity index (χ1) is 13.6. The predicted octanol–water partition coefficient (Wildman–Crippen LogP) is 1.54. The van der Waals surface area contributed by atoms with E-state index < -0.39 is 6.04 Å². The van der Waals surface area contributed by atoms with E-state index in [-0.39, 0.29) is 24.1 Å². The highest BCUT2D eigenvalue weighted by atomic mass is 19.1. The molecule has 28 heavy (non-hydrogen) atoms. The number of hydrogen-bond acceptors (Lipinski definition) is 4. The van der Waals surface area contributed by atoms with E-state index in [0.29, 0.717) is 38.6 Å². The van der Waals surface area contributed by atoms with E-state index in [1.54, 1.807) is 24.5 Å².